The smallest absolute Gasteiger partial charge is 0.335 e. The summed E-state index contributed by atoms with van der Waals surface area (Å²) >= 11 is 3.31. The van der Waals surface area contributed by atoms with Gasteiger partial charge in [0.25, 0.3) is 0 Å². The first-order valence-electron chi connectivity index (χ1n) is 5.69. The van der Waals surface area contributed by atoms with Gasteiger partial charge in [0.2, 0.25) is 0 Å². The van der Waals surface area contributed by atoms with E-state index in [4.69, 9.17) is 10.2 Å². The Kier molecular flexibility index (Phi) is 5.93. The highest BCUT2D eigenvalue weighted by Crippen LogP contribution is 2.11. The van der Waals surface area contributed by atoms with Gasteiger partial charge in [0.1, 0.15) is 0 Å². The zero-order chi connectivity index (χ0) is 15.1. The minimum atomic E-state index is -1.12. The van der Waals surface area contributed by atoms with Crippen LogP contribution in [-0.2, 0) is 0 Å². The van der Waals surface area contributed by atoms with Crippen LogP contribution >= 0.6 is 15.9 Å². The molecule has 0 aliphatic rings. The summed E-state index contributed by atoms with van der Waals surface area (Å²) in [6.07, 6.45) is 0. The molecule has 0 aliphatic heterocycles. The van der Waals surface area contributed by atoms with E-state index >= 15 is 0 Å². The maximum Gasteiger partial charge on any atom is 0.335 e. The van der Waals surface area contributed by atoms with Crippen LogP contribution in [0.25, 0.3) is 0 Å². The summed E-state index contributed by atoms with van der Waals surface area (Å²) in [5, 5.41) is 17.3. The normalized spacial score (nSPS) is 9.30. The number of aryl methyl sites for hydroxylation is 1. The van der Waals surface area contributed by atoms with Crippen molar-refractivity contribution < 1.29 is 19.8 Å². The third-order valence-electron chi connectivity index (χ3n) is 2.45. The summed E-state index contributed by atoms with van der Waals surface area (Å²) in [7, 11) is 0. The van der Waals surface area contributed by atoms with Crippen LogP contribution in [0.2, 0.25) is 0 Å². The highest BCUT2D eigenvalue weighted by molar-refractivity contribution is 9.10. The van der Waals surface area contributed by atoms with E-state index in [-0.39, 0.29) is 11.1 Å². The van der Waals surface area contributed by atoms with Gasteiger partial charge in [0.05, 0.1) is 11.1 Å². The lowest BCUT2D eigenvalue weighted by Crippen LogP contribution is -2.03. The van der Waals surface area contributed by atoms with Gasteiger partial charge < -0.3 is 10.2 Å². The summed E-state index contributed by atoms with van der Waals surface area (Å²) < 4.78 is 1.13. The average Bonchev–Trinajstić information content (AvgIpc) is 2.40. The number of benzene rings is 2. The third-order valence-corrected chi connectivity index (χ3v) is 2.98. The first kappa shape index (κ1) is 15.9. The minimum absolute atomic E-state index is 0.0111. The van der Waals surface area contributed by atoms with E-state index in [0.29, 0.717) is 5.56 Å². The minimum Gasteiger partial charge on any atom is -0.478 e. The summed E-state index contributed by atoms with van der Waals surface area (Å²) in [5.74, 6) is -2.23. The lowest BCUT2D eigenvalue weighted by Gasteiger charge is -2.01. The standard InChI is InChI=1S/C9H8O4.C6H5Br/c1-5-2-3-6(8(10)11)4-7(5)9(12)13;7-6-4-2-1-3-5-6/h2-4H,1H3,(H,10,11)(H,12,13);1-5H. The Morgan fingerprint density at radius 2 is 1.55 bits per heavy atom. The molecule has 0 bridgehead atoms. The Labute approximate surface area is 124 Å². The average molecular weight is 337 g/mol. The molecule has 2 aromatic rings. The van der Waals surface area contributed by atoms with E-state index in [1.807, 2.05) is 30.3 Å². The van der Waals surface area contributed by atoms with E-state index in [9.17, 15) is 9.59 Å². The zero-order valence-corrected chi connectivity index (χ0v) is 12.3. The van der Waals surface area contributed by atoms with Crippen molar-refractivity contribution in [2.75, 3.05) is 0 Å². The van der Waals surface area contributed by atoms with Crippen molar-refractivity contribution in [3.8, 4) is 0 Å². The van der Waals surface area contributed by atoms with Crippen molar-refractivity contribution in [3.63, 3.8) is 0 Å². The molecule has 2 rings (SSSR count). The third kappa shape index (κ3) is 4.85. The molecule has 0 amide bonds. The monoisotopic (exact) mass is 336 g/mol. The van der Waals surface area contributed by atoms with Gasteiger partial charge >= 0.3 is 11.9 Å². The number of hydrogen-bond donors (Lipinski definition) is 2. The molecule has 0 atom stereocenters. The predicted molar refractivity (Wildman–Crippen MR) is 79.2 cm³/mol. The zero-order valence-electron chi connectivity index (χ0n) is 10.7. The maximum absolute atomic E-state index is 10.6. The molecule has 5 heteroatoms. The number of carboxylic acid groups (broad SMARTS) is 2. The van der Waals surface area contributed by atoms with E-state index in [1.165, 1.54) is 12.1 Å². The number of hydrogen-bond acceptors (Lipinski definition) is 2. The van der Waals surface area contributed by atoms with Gasteiger partial charge in [0, 0.05) is 4.47 Å². The van der Waals surface area contributed by atoms with Gasteiger partial charge in [-0.1, -0.05) is 40.2 Å². The molecular formula is C15H13BrO4. The molecule has 0 fully saturated rings. The lowest BCUT2D eigenvalue weighted by atomic mass is 10.1. The summed E-state index contributed by atoms with van der Waals surface area (Å²) in [5.41, 5.74) is 0.570. The fourth-order valence-electron chi connectivity index (χ4n) is 1.40. The van der Waals surface area contributed by atoms with Crippen molar-refractivity contribution >= 4 is 27.9 Å². The second-order valence-electron chi connectivity index (χ2n) is 3.94. The topological polar surface area (TPSA) is 74.6 Å². The maximum atomic E-state index is 10.6. The lowest BCUT2D eigenvalue weighted by molar-refractivity contribution is 0.0695. The Hall–Kier alpha value is -2.14. The number of carboxylic acids is 2. The number of halogens is 1. The number of rotatable bonds is 2. The highest BCUT2D eigenvalue weighted by Gasteiger charge is 2.10. The van der Waals surface area contributed by atoms with E-state index in [2.05, 4.69) is 15.9 Å². The second-order valence-corrected chi connectivity index (χ2v) is 4.85. The van der Waals surface area contributed by atoms with Gasteiger partial charge in [-0.15, -0.1) is 0 Å². The summed E-state index contributed by atoms with van der Waals surface area (Å²) in [4.78, 5) is 21.1. The molecule has 4 nitrogen and oxygen atoms in total. The molecular weight excluding hydrogens is 324 g/mol. The Balaban J connectivity index is 0.000000240. The molecule has 20 heavy (non-hydrogen) atoms. The first-order valence-corrected chi connectivity index (χ1v) is 6.49. The molecule has 0 spiro atoms. The van der Waals surface area contributed by atoms with Gasteiger partial charge in [0.15, 0.2) is 0 Å². The van der Waals surface area contributed by atoms with Gasteiger partial charge in [-0.3, -0.25) is 0 Å². The van der Waals surface area contributed by atoms with Crippen LogP contribution in [0, 0.1) is 6.92 Å². The van der Waals surface area contributed by atoms with Crippen LogP contribution in [0.5, 0.6) is 0 Å². The van der Waals surface area contributed by atoms with E-state index in [1.54, 1.807) is 6.92 Å². The largest absolute Gasteiger partial charge is 0.478 e. The molecule has 104 valence electrons. The first-order chi connectivity index (χ1) is 9.41. The van der Waals surface area contributed by atoms with E-state index < -0.39 is 11.9 Å². The molecule has 0 radical (unpaired) electrons. The van der Waals surface area contributed by atoms with Crippen molar-refractivity contribution in [3.05, 3.63) is 69.7 Å². The van der Waals surface area contributed by atoms with Crippen LogP contribution < -0.4 is 0 Å². The van der Waals surface area contributed by atoms with Crippen molar-refractivity contribution in [2.45, 2.75) is 6.92 Å². The van der Waals surface area contributed by atoms with Gasteiger partial charge in [-0.25, -0.2) is 9.59 Å². The predicted octanol–water partition coefficient (Wildman–Crippen LogP) is 3.84. The van der Waals surface area contributed by atoms with Crippen LogP contribution in [0.4, 0.5) is 0 Å². The Bertz CT molecular complexity index is 609. The van der Waals surface area contributed by atoms with Crippen LogP contribution in [0.3, 0.4) is 0 Å². The molecule has 0 saturated heterocycles. The quantitative estimate of drug-likeness (QED) is 0.873. The molecule has 2 N–H and O–H groups in total. The van der Waals surface area contributed by atoms with Crippen LogP contribution in [0.15, 0.2) is 53.0 Å². The van der Waals surface area contributed by atoms with Crippen molar-refractivity contribution in [1.82, 2.24) is 0 Å². The number of carbonyl (C=O) groups is 2. The van der Waals surface area contributed by atoms with Gasteiger partial charge in [-0.05, 0) is 36.8 Å². The van der Waals surface area contributed by atoms with Crippen molar-refractivity contribution in [1.29, 1.82) is 0 Å². The second kappa shape index (κ2) is 7.45. The Morgan fingerprint density at radius 3 is 1.95 bits per heavy atom. The summed E-state index contributed by atoms with van der Waals surface area (Å²) in [6, 6.07) is 14.0. The molecule has 0 aliphatic carbocycles. The molecule has 0 aromatic heterocycles. The van der Waals surface area contributed by atoms with Crippen LogP contribution in [0.1, 0.15) is 26.3 Å². The fourth-order valence-corrected chi connectivity index (χ4v) is 1.71. The molecule has 0 heterocycles. The fraction of sp³-hybridized carbons (Fsp3) is 0.0667. The van der Waals surface area contributed by atoms with E-state index in [0.717, 1.165) is 10.5 Å². The molecule has 0 unspecified atom stereocenters. The van der Waals surface area contributed by atoms with Crippen molar-refractivity contribution in [2.24, 2.45) is 0 Å². The van der Waals surface area contributed by atoms with Crippen LogP contribution in [-0.4, -0.2) is 22.2 Å². The highest BCUT2D eigenvalue weighted by atomic mass is 79.9. The molecule has 0 saturated carbocycles. The SMILES string of the molecule is Brc1ccccc1.Cc1ccc(C(=O)O)cc1C(=O)O. The van der Waals surface area contributed by atoms with Gasteiger partial charge in [-0.2, -0.15) is 0 Å². The Morgan fingerprint density at radius 1 is 0.950 bits per heavy atom. The molecule has 2 aromatic carbocycles. The summed E-state index contributed by atoms with van der Waals surface area (Å²) in [6.45, 7) is 1.62. The number of aromatic carboxylic acids is 2.